The van der Waals surface area contributed by atoms with Crippen LogP contribution in [0.15, 0.2) is 72.8 Å². The molecule has 4 rings (SSSR count). The zero-order valence-electron chi connectivity index (χ0n) is 14.5. The topological polar surface area (TPSA) is 66.4 Å². The van der Waals surface area contributed by atoms with Crippen LogP contribution in [0.25, 0.3) is 10.1 Å². The van der Waals surface area contributed by atoms with E-state index in [4.69, 9.17) is 11.6 Å². The van der Waals surface area contributed by atoms with Gasteiger partial charge in [0.05, 0.1) is 5.02 Å². The van der Waals surface area contributed by atoms with E-state index in [9.17, 15) is 14.7 Å². The molecule has 1 heterocycles. The number of phenolic OH excluding ortho intramolecular Hbond substituents is 1. The highest BCUT2D eigenvalue weighted by molar-refractivity contribution is 7.21. The minimum atomic E-state index is -0.288. The zero-order valence-corrected chi connectivity index (χ0v) is 16.1. The van der Waals surface area contributed by atoms with Gasteiger partial charge in [-0.15, -0.1) is 11.3 Å². The highest BCUT2D eigenvalue weighted by atomic mass is 35.5. The van der Waals surface area contributed by atoms with Gasteiger partial charge in [-0.05, 0) is 54.6 Å². The van der Waals surface area contributed by atoms with Gasteiger partial charge in [0.1, 0.15) is 10.6 Å². The van der Waals surface area contributed by atoms with Gasteiger partial charge < -0.3 is 10.4 Å². The molecule has 0 aliphatic rings. The van der Waals surface area contributed by atoms with E-state index in [0.717, 1.165) is 10.1 Å². The SMILES string of the molecule is C.O=C(c1ccc(O)cc1)c1ccc(NC(=O)c2sc3ccccc3c2Cl)cc1. The molecule has 146 valence electrons. The molecule has 2 N–H and O–H groups in total. The molecule has 0 radical (unpaired) electrons. The quantitative estimate of drug-likeness (QED) is 0.374. The van der Waals surface area contributed by atoms with Crippen molar-refractivity contribution in [1.82, 2.24) is 0 Å². The van der Waals surface area contributed by atoms with Crippen molar-refractivity contribution < 1.29 is 14.7 Å². The molecule has 1 amide bonds. The van der Waals surface area contributed by atoms with E-state index in [1.165, 1.54) is 23.5 Å². The summed E-state index contributed by atoms with van der Waals surface area (Å²) in [6.07, 6.45) is 0. The molecule has 0 unspecified atom stereocenters. The average molecular weight is 424 g/mol. The van der Waals surface area contributed by atoms with Crippen LogP contribution in [0.5, 0.6) is 5.75 Å². The molecule has 0 aliphatic carbocycles. The smallest absolute Gasteiger partial charge is 0.267 e. The predicted octanol–water partition coefficient (Wildman–Crippen LogP) is 6.38. The monoisotopic (exact) mass is 423 g/mol. The first-order valence-electron chi connectivity index (χ1n) is 8.45. The Morgan fingerprint density at radius 2 is 1.45 bits per heavy atom. The fourth-order valence-electron chi connectivity index (χ4n) is 2.83. The van der Waals surface area contributed by atoms with E-state index in [2.05, 4.69) is 5.32 Å². The van der Waals surface area contributed by atoms with Crippen LogP contribution in [0.1, 0.15) is 33.0 Å². The number of thiophene rings is 1. The second kappa shape index (κ2) is 8.47. The number of ketones is 1. The molecule has 29 heavy (non-hydrogen) atoms. The first kappa shape index (κ1) is 20.6. The van der Waals surface area contributed by atoms with Gasteiger partial charge in [0, 0.05) is 26.9 Å². The maximum Gasteiger partial charge on any atom is 0.267 e. The van der Waals surface area contributed by atoms with E-state index < -0.39 is 0 Å². The molecule has 6 heteroatoms. The van der Waals surface area contributed by atoms with Crippen molar-refractivity contribution in [2.24, 2.45) is 0 Å². The number of hydrogen-bond acceptors (Lipinski definition) is 4. The first-order valence-corrected chi connectivity index (χ1v) is 9.64. The number of amides is 1. The van der Waals surface area contributed by atoms with Crippen molar-refractivity contribution >= 4 is 50.4 Å². The van der Waals surface area contributed by atoms with Crippen molar-refractivity contribution in [3.63, 3.8) is 0 Å². The van der Waals surface area contributed by atoms with Crippen molar-refractivity contribution in [3.05, 3.63) is 93.8 Å². The number of anilines is 1. The average Bonchev–Trinajstić information content (AvgIpc) is 3.06. The van der Waals surface area contributed by atoms with E-state index >= 15 is 0 Å². The van der Waals surface area contributed by atoms with Crippen LogP contribution in [0, 0.1) is 0 Å². The van der Waals surface area contributed by atoms with Crippen LogP contribution in [0.2, 0.25) is 5.02 Å². The summed E-state index contributed by atoms with van der Waals surface area (Å²) in [6, 6.07) is 20.3. The van der Waals surface area contributed by atoms with Crippen LogP contribution in [-0.4, -0.2) is 16.8 Å². The third-order valence-corrected chi connectivity index (χ3v) is 5.95. The molecule has 0 aliphatic heterocycles. The van der Waals surface area contributed by atoms with Gasteiger partial charge in [0.15, 0.2) is 5.78 Å². The summed E-state index contributed by atoms with van der Waals surface area (Å²) < 4.78 is 0.951. The van der Waals surface area contributed by atoms with E-state index in [-0.39, 0.29) is 24.9 Å². The largest absolute Gasteiger partial charge is 0.508 e. The summed E-state index contributed by atoms with van der Waals surface area (Å²) in [4.78, 5) is 25.5. The Morgan fingerprint density at radius 1 is 0.862 bits per heavy atom. The zero-order chi connectivity index (χ0) is 19.7. The van der Waals surface area contributed by atoms with E-state index in [1.54, 1.807) is 36.4 Å². The predicted molar refractivity (Wildman–Crippen MR) is 120 cm³/mol. The molecule has 0 fully saturated rings. The van der Waals surface area contributed by atoms with E-state index in [0.29, 0.717) is 26.7 Å². The number of hydrogen-bond donors (Lipinski definition) is 2. The summed E-state index contributed by atoms with van der Waals surface area (Å²) in [7, 11) is 0. The van der Waals surface area contributed by atoms with Gasteiger partial charge in [0.2, 0.25) is 0 Å². The molecule has 4 nitrogen and oxygen atoms in total. The van der Waals surface area contributed by atoms with Crippen LogP contribution in [0.4, 0.5) is 5.69 Å². The maximum absolute atomic E-state index is 12.6. The van der Waals surface area contributed by atoms with Crippen molar-refractivity contribution in [2.75, 3.05) is 5.32 Å². The summed E-state index contributed by atoms with van der Waals surface area (Å²) in [5.41, 5.74) is 1.54. The number of nitrogens with one attached hydrogen (secondary N) is 1. The lowest BCUT2D eigenvalue weighted by atomic mass is 10.0. The lowest BCUT2D eigenvalue weighted by Crippen LogP contribution is -2.11. The summed E-state index contributed by atoms with van der Waals surface area (Å²) >= 11 is 7.69. The molecule has 3 aromatic carbocycles. The summed E-state index contributed by atoms with van der Waals surface area (Å²) in [5, 5.41) is 13.4. The second-order valence-corrected chi connectivity index (χ2v) is 7.58. The lowest BCUT2D eigenvalue weighted by Gasteiger charge is -2.06. The van der Waals surface area contributed by atoms with Crippen LogP contribution in [0.3, 0.4) is 0 Å². The van der Waals surface area contributed by atoms with Crippen LogP contribution < -0.4 is 5.32 Å². The number of benzene rings is 3. The van der Waals surface area contributed by atoms with Gasteiger partial charge in [-0.3, -0.25) is 9.59 Å². The Kier molecular flexibility index (Phi) is 6.01. The van der Waals surface area contributed by atoms with Gasteiger partial charge in [0.25, 0.3) is 5.91 Å². The normalized spacial score (nSPS) is 10.4. The summed E-state index contributed by atoms with van der Waals surface area (Å²) in [5.74, 6) is -0.344. The van der Waals surface area contributed by atoms with Crippen LogP contribution in [-0.2, 0) is 0 Å². The highest BCUT2D eigenvalue weighted by Gasteiger charge is 2.17. The van der Waals surface area contributed by atoms with Crippen LogP contribution >= 0.6 is 22.9 Å². The van der Waals surface area contributed by atoms with Crippen molar-refractivity contribution in [3.8, 4) is 5.75 Å². The molecule has 0 atom stereocenters. The molecule has 0 saturated heterocycles. The Bertz CT molecular complexity index is 1180. The van der Waals surface area contributed by atoms with Crippen molar-refractivity contribution in [1.29, 1.82) is 0 Å². The third-order valence-electron chi connectivity index (χ3n) is 4.28. The van der Waals surface area contributed by atoms with Gasteiger partial charge in [-0.2, -0.15) is 0 Å². The van der Waals surface area contributed by atoms with Gasteiger partial charge >= 0.3 is 0 Å². The summed E-state index contributed by atoms with van der Waals surface area (Å²) in [6.45, 7) is 0. The maximum atomic E-state index is 12.6. The van der Waals surface area contributed by atoms with Gasteiger partial charge in [-0.25, -0.2) is 0 Å². The number of phenols is 1. The third kappa shape index (κ3) is 4.16. The minimum absolute atomic E-state index is 0. The standard InChI is InChI=1S/C22H14ClNO3S.CH4/c23-19-17-3-1-2-4-18(17)28-21(19)22(27)24-15-9-5-13(6-10-15)20(26)14-7-11-16(25)12-8-14;/h1-12,25H,(H,24,27);1H4. The molecule has 1 aromatic heterocycles. The molecule has 0 spiro atoms. The fourth-order valence-corrected chi connectivity index (χ4v) is 4.24. The number of rotatable bonds is 4. The van der Waals surface area contributed by atoms with Gasteiger partial charge in [-0.1, -0.05) is 37.2 Å². The van der Waals surface area contributed by atoms with E-state index in [1.807, 2.05) is 24.3 Å². The Morgan fingerprint density at radius 3 is 2.07 bits per heavy atom. The number of fused-ring (bicyclic) bond motifs is 1. The molecule has 0 saturated carbocycles. The number of carbonyl (C=O) groups is 2. The number of carbonyl (C=O) groups excluding carboxylic acids is 2. The Hall–Kier alpha value is -3.15. The Labute approximate surface area is 177 Å². The number of aromatic hydroxyl groups is 1. The minimum Gasteiger partial charge on any atom is -0.508 e. The lowest BCUT2D eigenvalue weighted by molar-refractivity contribution is 0.102. The molecular formula is C23H18ClNO3S. The molecule has 4 aromatic rings. The second-order valence-electron chi connectivity index (χ2n) is 6.15. The van der Waals surface area contributed by atoms with Crippen molar-refractivity contribution in [2.45, 2.75) is 7.43 Å². The Balaban J connectivity index is 0.00000240. The number of halogens is 1. The molecule has 0 bridgehead atoms. The molecular weight excluding hydrogens is 406 g/mol. The first-order chi connectivity index (χ1) is 13.5. The fraction of sp³-hybridized carbons (Fsp3) is 0.0435. The highest BCUT2D eigenvalue weighted by Crippen LogP contribution is 2.35.